The van der Waals surface area contributed by atoms with E-state index in [1.54, 1.807) is 0 Å². The Morgan fingerprint density at radius 3 is 2.35 bits per heavy atom. The molecule has 1 aliphatic rings. The topological polar surface area (TPSA) is 48.7 Å². The Balaban J connectivity index is 2.08. The third kappa shape index (κ3) is 5.22. The molecule has 1 saturated heterocycles. The molecule has 1 aliphatic heterocycles. The van der Waals surface area contributed by atoms with Crippen LogP contribution in [-0.4, -0.2) is 64.8 Å². The zero-order valence-corrected chi connectivity index (χ0v) is 17.7. The van der Waals surface area contributed by atoms with Crippen molar-refractivity contribution in [3.05, 3.63) is 17.0 Å². The highest BCUT2D eigenvalue weighted by Crippen LogP contribution is 2.17. The molecule has 0 unspecified atom stereocenters. The first-order valence-electron chi connectivity index (χ1n) is 10.3. The fourth-order valence-corrected chi connectivity index (χ4v) is 3.81. The van der Waals surface area contributed by atoms with Gasteiger partial charge in [-0.25, -0.2) is 4.99 Å². The minimum absolute atomic E-state index is 0.717. The molecule has 0 radical (unpaired) electrons. The number of aryl methyl sites for hydroxylation is 2. The fourth-order valence-electron chi connectivity index (χ4n) is 3.81. The molecule has 0 atom stereocenters. The summed E-state index contributed by atoms with van der Waals surface area (Å²) in [6, 6.07) is 0. The molecule has 26 heavy (non-hydrogen) atoms. The van der Waals surface area contributed by atoms with Gasteiger partial charge in [0.15, 0.2) is 5.96 Å². The number of aliphatic imine (C=N–C) groups is 1. The fraction of sp³-hybridized carbons (Fsp3) is 0.800. The van der Waals surface area contributed by atoms with Gasteiger partial charge in [-0.1, -0.05) is 27.7 Å². The second-order valence-corrected chi connectivity index (χ2v) is 7.55. The quantitative estimate of drug-likeness (QED) is 0.597. The number of hydrogen-bond donors (Lipinski definition) is 1. The van der Waals surface area contributed by atoms with E-state index in [9.17, 15) is 0 Å². The molecule has 2 rings (SSSR count). The third-order valence-electron chi connectivity index (χ3n) is 5.04. The molecule has 0 saturated carbocycles. The Morgan fingerprint density at radius 1 is 1.12 bits per heavy atom. The van der Waals surface area contributed by atoms with Crippen molar-refractivity contribution in [1.82, 2.24) is 24.9 Å². The standard InChI is InChI=1S/C20H38N6/c1-7-18-17(19(8-2)24(6)23-18)14-22-20(21-9-3)26-12-10-25(11-13-26)15-16(4)5/h16H,7-15H2,1-6H3,(H,21,22). The van der Waals surface area contributed by atoms with Gasteiger partial charge < -0.3 is 10.2 Å². The van der Waals surface area contributed by atoms with Crippen LogP contribution < -0.4 is 5.32 Å². The van der Waals surface area contributed by atoms with Crippen LogP contribution in [0.15, 0.2) is 4.99 Å². The molecule has 1 aromatic heterocycles. The van der Waals surface area contributed by atoms with Crippen molar-refractivity contribution in [2.45, 2.75) is 54.0 Å². The van der Waals surface area contributed by atoms with Gasteiger partial charge in [0.05, 0.1) is 12.2 Å². The van der Waals surface area contributed by atoms with Gasteiger partial charge in [0, 0.05) is 57.6 Å². The average Bonchev–Trinajstić information content (AvgIpc) is 2.93. The van der Waals surface area contributed by atoms with E-state index in [0.717, 1.165) is 57.4 Å². The molecule has 0 spiro atoms. The van der Waals surface area contributed by atoms with E-state index in [-0.39, 0.29) is 0 Å². The van der Waals surface area contributed by atoms with Crippen molar-refractivity contribution in [2.24, 2.45) is 18.0 Å². The van der Waals surface area contributed by atoms with Crippen LogP contribution in [0, 0.1) is 5.92 Å². The maximum Gasteiger partial charge on any atom is 0.194 e. The molecule has 2 heterocycles. The van der Waals surface area contributed by atoms with Crippen molar-refractivity contribution in [2.75, 3.05) is 39.3 Å². The summed E-state index contributed by atoms with van der Waals surface area (Å²) in [5.74, 6) is 1.78. The lowest BCUT2D eigenvalue weighted by Crippen LogP contribution is -2.53. The molecular weight excluding hydrogens is 324 g/mol. The van der Waals surface area contributed by atoms with Gasteiger partial charge in [-0.3, -0.25) is 9.58 Å². The average molecular weight is 363 g/mol. The summed E-state index contributed by atoms with van der Waals surface area (Å²) in [5, 5.41) is 8.17. The molecule has 0 bridgehead atoms. The Morgan fingerprint density at radius 2 is 1.81 bits per heavy atom. The van der Waals surface area contributed by atoms with Crippen molar-refractivity contribution < 1.29 is 0 Å². The maximum atomic E-state index is 4.98. The molecule has 0 amide bonds. The third-order valence-corrected chi connectivity index (χ3v) is 5.04. The van der Waals surface area contributed by atoms with E-state index >= 15 is 0 Å². The molecule has 148 valence electrons. The van der Waals surface area contributed by atoms with Crippen LogP contribution in [0.25, 0.3) is 0 Å². The molecule has 0 aliphatic carbocycles. The summed E-state index contributed by atoms with van der Waals surface area (Å²) in [6.45, 7) is 18.3. The molecule has 0 aromatic carbocycles. The largest absolute Gasteiger partial charge is 0.357 e. The minimum atomic E-state index is 0.717. The summed E-state index contributed by atoms with van der Waals surface area (Å²) in [7, 11) is 2.05. The summed E-state index contributed by atoms with van der Waals surface area (Å²) < 4.78 is 2.03. The Labute approximate surface area is 159 Å². The van der Waals surface area contributed by atoms with E-state index in [0.29, 0.717) is 6.54 Å². The number of hydrogen-bond acceptors (Lipinski definition) is 3. The monoisotopic (exact) mass is 362 g/mol. The van der Waals surface area contributed by atoms with Crippen LogP contribution in [0.1, 0.15) is 51.6 Å². The van der Waals surface area contributed by atoms with Crippen molar-refractivity contribution in [3.8, 4) is 0 Å². The summed E-state index contributed by atoms with van der Waals surface area (Å²) in [6.07, 6.45) is 1.96. The Hall–Kier alpha value is -1.56. The summed E-state index contributed by atoms with van der Waals surface area (Å²) >= 11 is 0. The normalized spacial score (nSPS) is 16.6. The summed E-state index contributed by atoms with van der Waals surface area (Å²) in [5.41, 5.74) is 3.81. The van der Waals surface area contributed by atoms with Gasteiger partial charge >= 0.3 is 0 Å². The highest BCUT2D eigenvalue weighted by molar-refractivity contribution is 5.80. The zero-order valence-electron chi connectivity index (χ0n) is 17.7. The first kappa shape index (κ1) is 20.7. The second kappa shape index (κ2) is 9.95. The van der Waals surface area contributed by atoms with E-state index in [1.807, 2.05) is 11.7 Å². The molecule has 6 heteroatoms. The Bertz CT molecular complexity index is 581. The lowest BCUT2D eigenvalue weighted by Gasteiger charge is -2.37. The predicted octanol–water partition coefficient (Wildman–Crippen LogP) is 2.28. The summed E-state index contributed by atoms with van der Waals surface area (Å²) in [4.78, 5) is 9.96. The number of nitrogens with one attached hydrogen (secondary N) is 1. The molecular formula is C20H38N6. The highest BCUT2D eigenvalue weighted by atomic mass is 15.3. The van der Waals surface area contributed by atoms with E-state index in [1.165, 1.54) is 23.5 Å². The first-order valence-corrected chi connectivity index (χ1v) is 10.3. The van der Waals surface area contributed by atoms with E-state index < -0.39 is 0 Å². The van der Waals surface area contributed by atoms with E-state index in [4.69, 9.17) is 4.99 Å². The van der Waals surface area contributed by atoms with Crippen LogP contribution in [0.3, 0.4) is 0 Å². The van der Waals surface area contributed by atoms with Crippen molar-refractivity contribution in [1.29, 1.82) is 0 Å². The minimum Gasteiger partial charge on any atom is -0.357 e. The van der Waals surface area contributed by atoms with Gasteiger partial charge in [-0.2, -0.15) is 5.10 Å². The lowest BCUT2D eigenvalue weighted by molar-refractivity contribution is 0.164. The smallest absolute Gasteiger partial charge is 0.194 e. The lowest BCUT2D eigenvalue weighted by atomic mass is 10.1. The number of piperazine rings is 1. The van der Waals surface area contributed by atoms with Crippen molar-refractivity contribution >= 4 is 5.96 Å². The van der Waals surface area contributed by atoms with Gasteiger partial charge in [0.2, 0.25) is 0 Å². The number of aromatic nitrogens is 2. The van der Waals surface area contributed by atoms with Gasteiger partial charge in [-0.15, -0.1) is 0 Å². The number of guanidine groups is 1. The second-order valence-electron chi connectivity index (χ2n) is 7.55. The molecule has 1 aromatic rings. The van der Waals surface area contributed by atoms with Gasteiger partial charge in [0.25, 0.3) is 0 Å². The Kier molecular flexibility index (Phi) is 7.94. The number of rotatable bonds is 7. The van der Waals surface area contributed by atoms with Crippen LogP contribution in [0.2, 0.25) is 0 Å². The maximum absolute atomic E-state index is 4.98. The molecule has 6 nitrogen and oxygen atoms in total. The van der Waals surface area contributed by atoms with Gasteiger partial charge in [0.1, 0.15) is 0 Å². The molecule has 1 N–H and O–H groups in total. The SMILES string of the molecule is CCNC(=NCc1c(CC)nn(C)c1CC)N1CCN(CC(C)C)CC1. The van der Waals surface area contributed by atoms with Crippen LogP contribution in [-0.2, 0) is 26.4 Å². The van der Waals surface area contributed by atoms with E-state index in [2.05, 4.69) is 54.8 Å². The first-order chi connectivity index (χ1) is 12.5. The van der Waals surface area contributed by atoms with Crippen molar-refractivity contribution in [3.63, 3.8) is 0 Å². The van der Waals surface area contributed by atoms with Crippen LogP contribution in [0.4, 0.5) is 0 Å². The molecule has 1 fully saturated rings. The zero-order chi connectivity index (χ0) is 19.1. The van der Waals surface area contributed by atoms with Gasteiger partial charge in [-0.05, 0) is 25.7 Å². The number of nitrogens with zero attached hydrogens (tertiary/aromatic N) is 5. The van der Waals surface area contributed by atoms with Crippen LogP contribution >= 0.6 is 0 Å². The highest BCUT2D eigenvalue weighted by Gasteiger charge is 2.20. The van der Waals surface area contributed by atoms with Crippen LogP contribution in [0.5, 0.6) is 0 Å². The predicted molar refractivity (Wildman–Crippen MR) is 110 cm³/mol.